The minimum atomic E-state index is -1.55. The molecule has 0 aliphatic carbocycles. The number of carboxylic acid groups (broad SMARTS) is 4. The number of Topliss-reactive ketones (excluding diaryl/α,β-unsaturated/α-hetero) is 4. The van der Waals surface area contributed by atoms with Crippen molar-refractivity contribution < 1.29 is 136 Å². The zero-order valence-corrected chi connectivity index (χ0v) is 59.6. The van der Waals surface area contributed by atoms with Gasteiger partial charge in [0.25, 0.3) is 0 Å². The van der Waals surface area contributed by atoms with Crippen molar-refractivity contribution in [1.29, 1.82) is 0 Å². The van der Waals surface area contributed by atoms with Crippen LogP contribution in [0.4, 0.5) is 0 Å². The lowest BCUT2D eigenvalue weighted by Crippen LogP contribution is -2.30. The summed E-state index contributed by atoms with van der Waals surface area (Å²) in [5.41, 5.74) is -6.71. The van der Waals surface area contributed by atoms with E-state index in [1.807, 2.05) is 0 Å². The van der Waals surface area contributed by atoms with Crippen LogP contribution in [-0.2, 0) is 18.9 Å². The molecule has 0 aromatic heterocycles. The topological polar surface area (TPSA) is 441 Å². The Labute approximate surface area is 617 Å². The Morgan fingerprint density at radius 1 is 0.241 bits per heavy atom. The number of ether oxygens (including phenoxy) is 8. The van der Waals surface area contributed by atoms with Crippen LogP contribution in [0.15, 0.2) is 170 Å². The van der Waals surface area contributed by atoms with E-state index in [0.717, 1.165) is 0 Å². The molecule has 28 nitrogen and oxygen atoms in total. The maximum atomic E-state index is 13.0. The number of aromatic carboxylic acids is 4. The fourth-order valence-electron chi connectivity index (χ4n) is 10.0. The Kier molecular flexibility index (Phi) is 27.4. The molecule has 0 aliphatic heterocycles. The number of hydrogen-bond donors (Lipinski definition) is 8. The van der Waals surface area contributed by atoms with E-state index in [1.54, 1.807) is 0 Å². The Morgan fingerprint density at radius 2 is 0.426 bits per heavy atom. The van der Waals surface area contributed by atoms with Gasteiger partial charge in [0.15, 0.2) is 23.1 Å². The highest BCUT2D eigenvalue weighted by Gasteiger charge is 2.30. The summed E-state index contributed by atoms with van der Waals surface area (Å²) >= 11 is 0. The molecule has 0 fully saturated rings. The molecule has 0 heterocycles. The van der Waals surface area contributed by atoms with E-state index in [4.69, 9.17) is 37.9 Å². The number of rotatable bonds is 34. The number of esters is 4. The Bertz CT molecular complexity index is 4550. The zero-order valence-electron chi connectivity index (χ0n) is 59.6. The summed E-state index contributed by atoms with van der Waals surface area (Å²) in [5, 5.41) is 78.6. The lowest BCUT2D eigenvalue weighted by Gasteiger charge is -2.15. The molecule has 28 heteroatoms. The van der Waals surface area contributed by atoms with E-state index in [2.05, 4.69) is 0 Å². The van der Waals surface area contributed by atoms with Crippen molar-refractivity contribution in [2.24, 2.45) is 0 Å². The molecule has 0 aliphatic rings. The van der Waals surface area contributed by atoms with E-state index < -0.39 is 98.9 Å². The highest BCUT2D eigenvalue weighted by molar-refractivity contribution is 6.08. The minimum Gasteiger partial charge on any atom is -0.490 e. The first-order valence-corrected chi connectivity index (χ1v) is 32.9. The Hall–Kier alpha value is -12.8. The molecule has 108 heavy (non-hydrogen) atoms. The lowest BCUT2D eigenvalue weighted by molar-refractivity contribution is 0.0437. The molecule has 8 aromatic rings. The van der Waals surface area contributed by atoms with Crippen molar-refractivity contribution in [2.75, 3.05) is 52.9 Å². The van der Waals surface area contributed by atoms with Crippen molar-refractivity contribution in [1.82, 2.24) is 0 Å². The first-order chi connectivity index (χ1) is 50.7. The lowest BCUT2D eigenvalue weighted by atomic mass is 9.96. The van der Waals surface area contributed by atoms with Gasteiger partial charge in [-0.1, -0.05) is 24.3 Å². The van der Waals surface area contributed by atoms with Gasteiger partial charge in [0.05, 0.1) is 44.5 Å². The van der Waals surface area contributed by atoms with Crippen molar-refractivity contribution in [2.45, 2.75) is 77.8 Å². The number of benzene rings is 8. The summed E-state index contributed by atoms with van der Waals surface area (Å²) in [6.45, 7) is 9.51. The third-order valence-electron chi connectivity index (χ3n) is 15.6. The smallest absolute Gasteiger partial charge is 0.339 e. The molecular formula is C80H76O28. The van der Waals surface area contributed by atoms with Gasteiger partial charge in [0.1, 0.15) is 98.3 Å². The van der Waals surface area contributed by atoms with E-state index in [1.165, 1.54) is 225 Å². The summed E-state index contributed by atoms with van der Waals surface area (Å²) in [4.78, 5) is 149. The summed E-state index contributed by atoms with van der Waals surface area (Å²) in [5.74, 6) is -10.0. The normalized spacial score (nSPS) is 11.3. The predicted octanol–water partition coefficient (Wildman–Crippen LogP) is 10.3. The molecule has 0 bridgehead atoms. The molecule has 0 unspecified atom stereocenters. The van der Waals surface area contributed by atoms with Crippen LogP contribution in [0.2, 0.25) is 0 Å². The van der Waals surface area contributed by atoms with Crippen molar-refractivity contribution in [3.8, 4) is 45.3 Å². The van der Waals surface area contributed by atoms with Gasteiger partial charge >= 0.3 is 47.8 Å². The van der Waals surface area contributed by atoms with E-state index in [9.17, 15) is 98.4 Å². The number of carbonyl (C=O) groups excluding carboxylic acids is 8. The maximum Gasteiger partial charge on any atom is 0.339 e. The monoisotopic (exact) mass is 1480 g/mol. The average Bonchev–Trinajstić information content (AvgIpc) is 0.796. The fraction of sp³-hybridized carbons (Fsp3) is 0.250. The van der Waals surface area contributed by atoms with Crippen LogP contribution in [0.3, 0.4) is 0 Å². The molecule has 8 rings (SSSR count). The Balaban J connectivity index is 0.000000301. The highest BCUT2D eigenvalue weighted by atomic mass is 16.6. The van der Waals surface area contributed by atoms with Crippen LogP contribution >= 0.6 is 0 Å². The van der Waals surface area contributed by atoms with Gasteiger partial charge in [-0.05, 0) is 223 Å². The molecule has 8 N–H and O–H groups in total. The largest absolute Gasteiger partial charge is 0.490 e. The number of hydrogen-bond acceptors (Lipinski definition) is 24. The maximum absolute atomic E-state index is 13.0. The van der Waals surface area contributed by atoms with Crippen LogP contribution in [-0.4, -0.2) is 187 Å². The van der Waals surface area contributed by atoms with Gasteiger partial charge < -0.3 is 78.7 Å². The van der Waals surface area contributed by atoms with Gasteiger partial charge in [-0.15, -0.1) is 0 Å². The number of ketones is 4. The second-order valence-corrected chi connectivity index (χ2v) is 25.8. The molecule has 0 atom stereocenters. The first kappa shape index (κ1) is 82.5. The molecular weight excluding hydrogens is 1410 g/mol. The second-order valence-electron chi connectivity index (χ2n) is 25.8. The molecule has 564 valence electrons. The van der Waals surface area contributed by atoms with Crippen LogP contribution in [0.1, 0.15) is 180 Å². The quantitative estimate of drug-likeness (QED) is 0.00804. The zero-order chi connectivity index (χ0) is 79.6. The second kappa shape index (κ2) is 35.8. The van der Waals surface area contributed by atoms with E-state index >= 15 is 0 Å². The van der Waals surface area contributed by atoms with Crippen LogP contribution in [0.5, 0.6) is 23.0 Å². The van der Waals surface area contributed by atoms with Crippen molar-refractivity contribution in [3.63, 3.8) is 0 Å². The third-order valence-corrected chi connectivity index (χ3v) is 15.6. The van der Waals surface area contributed by atoms with Crippen LogP contribution in [0, 0.1) is 0 Å². The third kappa shape index (κ3) is 22.6. The van der Waals surface area contributed by atoms with E-state index in [0.29, 0.717) is 23.0 Å². The summed E-state index contributed by atoms with van der Waals surface area (Å²) < 4.78 is 43.1. The van der Waals surface area contributed by atoms with Gasteiger partial charge in [-0.25, -0.2) is 38.4 Å². The summed E-state index contributed by atoms with van der Waals surface area (Å²) in [7, 11) is 0. The van der Waals surface area contributed by atoms with Crippen molar-refractivity contribution in [3.05, 3.63) is 237 Å². The van der Waals surface area contributed by atoms with Gasteiger partial charge in [-0.2, -0.15) is 0 Å². The van der Waals surface area contributed by atoms with Crippen LogP contribution in [0.25, 0.3) is 22.3 Å². The van der Waals surface area contributed by atoms with E-state index in [-0.39, 0.29) is 136 Å². The molecule has 0 radical (unpaired) electrons. The van der Waals surface area contributed by atoms with Gasteiger partial charge in [0.2, 0.25) is 0 Å². The standard InChI is InChI=1S/2C40H38O14/c1-39(2,49)33(41)23-5-11-27(12-6-23)51-17-19-53-37(47)30-16-10-25(21-31(30)36(45)46)26-9-15-29(35(43)44)32(22-26)38(48)54-20-18-52-28-13-7-24(8-14-28)34(42)40(3,4)50;1-39(2,49)33(41)23-5-11-27(12-6-23)51-17-19-53-37(47)31-21-25(9-15-29(31)35(43)44)26-10-16-30(36(45)46)32(22-26)38(48)54-20-18-52-28-13-7-24(8-14-28)34(42)40(3,4)50/h2*5-16,21-22,49-50H,17-20H2,1-4H3,(H,43,44)(H,45,46). The summed E-state index contributed by atoms with van der Waals surface area (Å²) in [6.07, 6.45) is 0. The average molecular weight is 1490 g/mol. The molecule has 0 amide bonds. The first-order valence-electron chi connectivity index (χ1n) is 32.9. The number of aliphatic hydroxyl groups is 4. The number of carbonyl (C=O) groups is 12. The molecule has 0 spiro atoms. The molecule has 8 aromatic carbocycles. The molecule has 0 saturated heterocycles. The Morgan fingerprint density at radius 3 is 0.620 bits per heavy atom. The van der Waals surface area contributed by atoms with Gasteiger partial charge in [0, 0.05) is 22.3 Å². The van der Waals surface area contributed by atoms with Crippen molar-refractivity contribution >= 4 is 70.9 Å². The predicted molar refractivity (Wildman–Crippen MR) is 383 cm³/mol. The van der Waals surface area contributed by atoms with Crippen LogP contribution < -0.4 is 18.9 Å². The SMILES string of the molecule is CC(C)(O)C(=O)c1ccc(OCCOC(=O)c2cc(-c3ccc(C(=O)O)c(C(=O)OCCOc4ccc(C(=O)C(C)(C)O)cc4)c3)ccc2C(=O)O)cc1.CC(C)(O)C(=O)c1ccc(OCCOC(=O)c2ccc(-c3ccc(C(=O)O)c(C(=O)OCCOc4ccc(C(=O)C(C)(C)O)cc4)c3)cc2C(=O)O)cc1. The van der Waals surface area contributed by atoms with Gasteiger partial charge in [-0.3, -0.25) is 19.2 Å². The minimum absolute atomic E-state index is 0.0920. The fourth-order valence-corrected chi connectivity index (χ4v) is 10.0. The molecule has 0 saturated carbocycles. The summed E-state index contributed by atoms with van der Waals surface area (Å²) in [6, 6.07) is 39.1. The highest BCUT2D eigenvalue weighted by Crippen LogP contribution is 2.30. The number of carboxylic acids is 4.